The maximum absolute atomic E-state index is 13.5. The highest BCUT2D eigenvalue weighted by atomic mass is 19.3. The first-order valence-corrected chi connectivity index (χ1v) is 11.9. The molecule has 0 aromatic carbocycles. The highest BCUT2D eigenvalue weighted by molar-refractivity contribution is 6.12. The third-order valence-electron chi connectivity index (χ3n) is 8.07. The maximum Gasteiger partial charge on any atom is 0.257 e. The number of carbonyl (C=O) groups is 1. The second-order valence-electron chi connectivity index (χ2n) is 10.2. The summed E-state index contributed by atoms with van der Waals surface area (Å²) in [5.74, 6) is -1.55. The zero-order chi connectivity index (χ0) is 22.9. The molecule has 0 bridgehead atoms. The molecule has 5 atom stereocenters. The molecule has 4 heterocycles. The molecule has 0 spiro atoms. The van der Waals surface area contributed by atoms with Crippen LogP contribution in [-0.2, 0) is 11.8 Å². The highest BCUT2D eigenvalue weighted by Crippen LogP contribution is 2.53. The lowest BCUT2D eigenvalue weighted by Crippen LogP contribution is -2.54. The van der Waals surface area contributed by atoms with E-state index in [4.69, 9.17) is 4.99 Å². The topological polar surface area (TPSA) is 57.9 Å². The van der Waals surface area contributed by atoms with Crippen LogP contribution >= 0.6 is 0 Å². The van der Waals surface area contributed by atoms with E-state index in [1.54, 1.807) is 28.9 Å². The van der Waals surface area contributed by atoms with Crippen molar-refractivity contribution < 1.29 is 13.6 Å². The summed E-state index contributed by atoms with van der Waals surface area (Å²) in [5, 5.41) is 1.73. The van der Waals surface area contributed by atoms with E-state index in [1.165, 1.54) is 0 Å². The number of alkyl halides is 2. The third kappa shape index (κ3) is 3.59. The highest BCUT2D eigenvalue weighted by Gasteiger charge is 2.53. The summed E-state index contributed by atoms with van der Waals surface area (Å²) < 4.78 is 28.6. The van der Waals surface area contributed by atoms with Crippen molar-refractivity contribution in [3.8, 4) is 0 Å². The Labute approximate surface area is 190 Å². The van der Waals surface area contributed by atoms with Crippen molar-refractivity contribution >= 4 is 24.3 Å². The number of dihydropyridines is 1. The number of nitrogens with zero attached hydrogens (tertiary/aromatic N) is 4. The quantitative estimate of drug-likeness (QED) is 0.667. The van der Waals surface area contributed by atoms with E-state index in [-0.39, 0.29) is 55.5 Å². The zero-order valence-electron chi connectivity index (χ0n) is 18.7. The number of piperidine rings is 2. The van der Waals surface area contributed by atoms with E-state index in [2.05, 4.69) is 17.1 Å². The van der Waals surface area contributed by atoms with Crippen LogP contribution in [0.15, 0.2) is 33.7 Å². The van der Waals surface area contributed by atoms with E-state index < -0.39 is 5.92 Å². The number of fused-ring (bicyclic) bond motifs is 4. The Morgan fingerprint density at radius 3 is 2.79 bits per heavy atom. The molecule has 1 aromatic heterocycles. The number of aliphatic imine (C=N–C) groups is 1. The molecule has 5 aliphatic rings. The third-order valence-corrected chi connectivity index (χ3v) is 8.07. The Bertz CT molecular complexity index is 1240. The Morgan fingerprint density at radius 1 is 1.21 bits per heavy atom. The number of aromatic nitrogens is 1. The van der Waals surface area contributed by atoms with Crippen LogP contribution in [0.2, 0.25) is 0 Å². The van der Waals surface area contributed by atoms with Gasteiger partial charge in [-0.1, -0.05) is 18.2 Å². The van der Waals surface area contributed by atoms with Crippen molar-refractivity contribution in [2.45, 2.75) is 43.8 Å². The van der Waals surface area contributed by atoms with Gasteiger partial charge in [0.1, 0.15) is 6.17 Å². The first-order valence-electron chi connectivity index (χ1n) is 11.9. The van der Waals surface area contributed by atoms with Crippen LogP contribution in [0.1, 0.15) is 25.7 Å². The average Bonchev–Trinajstić information content (AvgIpc) is 3.60. The molecule has 33 heavy (non-hydrogen) atoms. The first kappa shape index (κ1) is 21.0. The summed E-state index contributed by atoms with van der Waals surface area (Å²) in [4.78, 5) is 34.2. The molecule has 3 unspecified atom stereocenters. The minimum atomic E-state index is -2.67. The number of likely N-dealkylation sites (tertiary alicyclic amines) is 2. The Kier molecular flexibility index (Phi) is 4.73. The van der Waals surface area contributed by atoms with E-state index in [0.29, 0.717) is 17.4 Å². The summed E-state index contributed by atoms with van der Waals surface area (Å²) in [7, 11) is 1.77. The van der Waals surface area contributed by atoms with Gasteiger partial charge < -0.3 is 9.47 Å². The number of rotatable bonds is 2. The van der Waals surface area contributed by atoms with Crippen molar-refractivity contribution in [3.63, 3.8) is 0 Å². The van der Waals surface area contributed by atoms with Crippen LogP contribution in [0.25, 0.3) is 12.2 Å². The molecule has 2 saturated heterocycles. The lowest BCUT2D eigenvalue weighted by Gasteiger charge is -2.43. The predicted molar refractivity (Wildman–Crippen MR) is 121 cm³/mol. The SMILES string of the molecule is Cn1ccc2c(c1=O)=CCC(N1C[C@H]3C[C@@H]3C3C=C(C(=O)N4CCC(F)(F)CC4)C=NC31)C=2. The summed E-state index contributed by atoms with van der Waals surface area (Å²) in [6.45, 7) is 1.15. The fraction of sp³-hybridized carbons (Fsp3) is 0.560. The molecule has 1 aromatic rings. The largest absolute Gasteiger partial charge is 0.338 e. The normalized spacial score (nSPS) is 34.2. The molecule has 174 valence electrons. The monoisotopic (exact) mass is 454 g/mol. The van der Waals surface area contributed by atoms with Gasteiger partial charge in [0.15, 0.2) is 0 Å². The van der Waals surface area contributed by atoms with Crippen LogP contribution in [0.5, 0.6) is 0 Å². The number of carbonyl (C=O) groups excluding carboxylic acids is 1. The molecular weight excluding hydrogens is 426 g/mol. The van der Waals surface area contributed by atoms with Crippen molar-refractivity contribution in [3.05, 3.63) is 44.7 Å². The first-order chi connectivity index (χ1) is 15.8. The van der Waals surface area contributed by atoms with Gasteiger partial charge in [-0.15, -0.1) is 0 Å². The fourth-order valence-electron chi connectivity index (χ4n) is 6.01. The van der Waals surface area contributed by atoms with Gasteiger partial charge in [0.05, 0.1) is 5.57 Å². The van der Waals surface area contributed by atoms with Gasteiger partial charge >= 0.3 is 0 Å². The number of hydrogen-bond acceptors (Lipinski definition) is 4. The van der Waals surface area contributed by atoms with E-state index >= 15 is 0 Å². The summed E-state index contributed by atoms with van der Waals surface area (Å²) in [5.41, 5.74) is 0.570. The van der Waals surface area contributed by atoms with E-state index in [1.807, 2.05) is 12.1 Å². The summed E-state index contributed by atoms with van der Waals surface area (Å²) >= 11 is 0. The zero-order valence-corrected chi connectivity index (χ0v) is 18.7. The lowest BCUT2D eigenvalue weighted by molar-refractivity contribution is -0.132. The number of halogens is 2. The fourth-order valence-corrected chi connectivity index (χ4v) is 6.01. The molecule has 8 heteroatoms. The van der Waals surface area contributed by atoms with Gasteiger partial charge in [-0.25, -0.2) is 8.78 Å². The molecule has 6 rings (SSSR count). The standard InChI is InChI=1S/C25H28F2N4O2/c1-29-7-4-15-10-18(2-3-19(15)24(29)33)31-14-17-12-20(17)21-11-16(13-28-22(21)31)23(32)30-8-5-25(26,27)6-9-30/h3-4,7,10-11,13,17-18,20-22H,2,5-6,8-9,12,14H2,1H3/t17-,18?,20+,21?,22?/m1/s1. The molecule has 1 amide bonds. The summed E-state index contributed by atoms with van der Waals surface area (Å²) in [6.07, 6.45) is 11.1. The minimum Gasteiger partial charge on any atom is -0.338 e. The number of amides is 1. The number of aryl methyl sites for hydroxylation is 1. The van der Waals surface area contributed by atoms with Crippen LogP contribution in [-0.4, -0.2) is 64.3 Å². The maximum atomic E-state index is 13.5. The van der Waals surface area contributed by atoms with Gasteiger partial charge in [0.2, 0.25) is 0 Å². The Hall–Kier alpha value is -2.61. The average molecular weight is 455 g/mol. The molecule has 2 aliphatic carbocycles. The number of pyridine rings is 1. The van der Waals surface area contributed by atoms with Crippen molar-refractivity contribution in [1.29, 1.82) is 0 Å². The second-order valence-corrected chi connectivity index (χ2v) is 10.2. The van der Waals surface area contributed by atoms with Gasteiger partial charge in [-0.05, 0) is 36.0 Å². The van der Waals surface area contributed by atoms with Gasteiger partial charge in [0, 0.05) is 69.1 Å². The molecule has 1 saturated carbocycles. The van der Waals surface area contributed by atoms with E-state index in [0.717, 1.165) is 29.8 Å². The van der Waals surface area contributed by atoms with Crippen molar-refractivity contribution in [2.75, 3.05) is 19.6 Å². The van der Waals surface area contributed by atoms with Crippen LogP contribution in [0.4, 0.5) is 8.78 Å². The van der Waals surface area contributed by atoms with E-state index in [9.17, 15) is 18.4 Å². The Balaban J connectivity index is 1.24. The smallest absolute Gasteiger partial charge is 0.257 e. The molecule has 6 nitrogen and oxygen atoms in total. The molecule has 0 radical (unpaired) electrons. The van der Waals surface area contributed by atoms with Gasteiger partial charge in [0.25, 0.3) is 17.4 Å². The molecular formula is C25H28F2N4O2. The van der Waals surface area contributed by atoms with Crippen LogP contribution in [0.3, 0.4) is 0 Å². The van der Waals surface area contributed by atoms with Gasteiger partial charge in [-0.3, -0.25) is 19.5 Å². The van der Waals surface area contributed by atoms with Gasteiger partial charge in [-0.2, -0.15) is 0 Å². The number of hydrogen-bond donors (Lipinski definition) is 0. The Morgan fingerprint density at radius 2 is 2.00 bits per heavy atom. The predicted octanol–water partition coefficient (Wildman–Crippen LogP) is 0.881. The van der Waals surface area contributed by atoms with Crippen molar-refractivity contribution in [1.82, 2.24) is 14.4 Å². The van der Waals surface area contributed by atoms with Crippen LogP contribution in [0, 0.1) is 17.8 Å². The molecule has 3 fully saturated rings. The summed E-state index contributed by atoms with van der Waals surface area (Å²) in [6, 6.07) is 2.15. The molecule has 0 N–H and O–H groups in total. The minimum absolute atomic E-state index is 0.0261. The lowest BCUT2D eigenvalue weighted by atomic mass is 9.87. The second kappa shape index (κ2) is 7.45. The van der Waals surface area contributed by atoms with Crippen molar-refractivity contribution in [2.24, 2.45) is 29.8 Å². The van der Waals surface area contributed by atoms with Crippen LogP contribution < -0.4 is 16.0 Å². The molecule has 3 aliphatic heterocycles.